The molecule has 0 aliphatic rings. The van der Waals surface area contributed by atoms with Crippen LogP contribution >= 0.6 is 0 Å². The highest BCUT2D eigenvalue weighted by molar-refractivity contribution is 6.05. The number of nitrogens with zero attached hydrogens (tertiary/aromatic N) is 1. The molecule has 0 saturated carbocycles. The third-order valence-corrected chi connectivity index (χ3v) is 3.03. The van der Waals surface area contributed by atoms with Crippen molar-refractivity contribution in [1.29, 1.82) is 0 Å². The first-order valence-corrected chi connectivity index (χ1v) is 6.62. The molecule has 0 bridgehead atoms. The summed E-state index contributed by atoms with van der Waals surface area (Å²) in [5, 5.41) is 12.8. The predicted octanol–water partition coefficient (Wildman–Crippen LogP) is 2.26. The first-order valence-electron chi connectivity index (χ1n) is 6.62. The number of amides is 1. The molecular weight excluding hydrogens is 259 g/mol. The summed E-state index contributed by atoms with van der Waals surface area (Å²) >= 11 is 0. The van der Waals surface area contributed by atoms with E-state index >= 15 is 0 Å². The fourth-order valence-electron chi connectivity index (χ4n) is 2.07. The lowest BCUT2D eigenvalue weighted by Crippen LogP contribution is -2.32. The fraction of sp³-hybridized carbons (Fsp3) is 0.333. The molecule has 20 heavy (non-hydrogen) atoms. The first-order chi connectivity index (χ1) is 9.61. The van der Waals surface area contributed by atoms with Crippen molar-refractivity contribution in [1.82, 2.24) is 10.3 Å². The average Bonchev–Trinajstić information content (AvgIpc) is 2.44. The molecule has 106 valence electrons. The van der Waals surface area contributed by atoms with Gasteiger partial charge in [-0.3, -0.25) is 9.78 Å². The van der Waals surface area contributed by atoms with Gasteiger partial charge in [0.15, 0.2) is 0 Å². The number of nitrogens with one attached hydrogen (secondary N) is 1. The molecule has 1 unspecified atom stereocenters. The van der Waals surface area contributed by atoms with Crippen LogP contribution in [0.2, 0.25) is 0 Å². The van der Waals surface area contributed by atoms with E-state index in [2.05, 4.69) is 10.3 Å². The number of aliphatic hydroxyl groups excluding tert-OH is 1. The van der Waals surface area contributed by atoms with E-state index in [-0.39, 0.29) is 12.1 Å². The number of benzene rings is 1. The molecule has 5 heteroatoms. The number of pyridine rings is 1. The Morgan fingerprint density at radius 3 is 3.05 bits per heavy atom. The highest BCUT2D eigenvalue weighted by atomic mass is 19.1. The number of carbonyl (C=O) groups excluding carboxylic acids is 1. The molecule has 0 fully saturated rings. The zero-order valence-electron chi connectivity index (χ0n) is 11.3. The summed E-state index contributed by atoms with van der Waals surface area (Å²) in [4.78, 5) is 16.2. The molecule has 1 amide bonds. The Kier molecular flexibility index (Phi) is 4.63. The summed E-state index contributed by atoms with van der Waals surface area (Å²) < 4.78 is 13.5. The lowest BCUT2D eigenvalue weighted by atomic mass is 10.1. The molecule has 1 atom stereocenters. The molecule has 0 aliphatic heterocycles. The second-order valence-electron chi connectivity index (χ2n) is 4.68. The van der Waals surface area contributed by atoms with Crippen LogP contribution in [0.15, 0.2) is 30.5 Å². The molecule has 1 aromatic heterocycles. The van der Waals surface area contributed by atoms with Crippen LogP contribution in [0.4, 0.5) is 4.39 Å². The SMILES string of the molecule is CCCC(O)CNC(=O)c1cc(F)cc2cccnc12. The second-order valence-corrected chi connectivity index (χ2v) is 4.68. The first kappa shape index (κ1) is 14.4. The molecule has 0 spiro atoms. The average molecular weight is 276 g/mol. The van der Waals surface area contributed by atoms with Gasteiger partial charge in [-0.1, -0.05) is 19.4 Å². The van der Waals surface area contributed by atoms with E-state index < -0.39 is 17.8 Å². The van der Waals surface area contributed by atoms with Crippen molar-refractivity contribution in [3.8, 4) is 0 Å². The number of hydrogen-bond donors (Lipinski definition) is 2. The van der Waals surface area contributed by atoms with E-state index in [1.54, 1.807) is 18.3 Å². The van der Waals surface area contributed by atoms with Crippen LogP contribution < -0.4 is 5.32 Å². The van der Waals surface area contributed by atoms with Crippen LogP contribution in [0, 0.1) is 5.82 Å². The number of aliphatic hydroxyl groups is 1. The topological polar surface area (TPSA) is 62.2 Å². The quantitative estimate of drug-likeness (QED) is 0.880. The fourth-order valence-corrected chi connectivity index (χ4v) is 2.07. The Balaban J connectivity index is 2.21. The van der Waals surface area contributed by atoms with Crippen LogP contribution in [-0.2, 0) is 0 Å². The summed E-state index contributed by atoms with van der Waals surface area (Å²) in [6.07, 6.45) is 2.42. The molecule has 0 radical (unpaired) electrons. The summed E-state index contributed by atoms with van der Waals surface area (Å²) in [7, 11) is 0. The Hall–Kier alpha value is -2.01. The van der Waals surface area contributed by atoms with E-state index in [0.29, 0.717) is 17.3 Å². The summed E-state index contributed by atoms with van der Waals surface area (Å²) in [6, 6.07) is 5.89. The van der Waals surface area contributed by atoms with Gasteiger partial charge in [0.1, 0.15) is 5.82 Å². The number of aromatic nitrogens is 1. The molecular formula is C15H17FN2O2. The van der Waals surface area contributed by atoms with Gasteiger partial charge >= 0.3 is 0 Å². The molecule has 1 aromatic carbocycles. The van der Waals surface area contributed by atoms with Crippen molar-refractivity contribution in [2.45, 2.75) is 25.9 Å². The van der Waals surface area contributed by atoms with Crippen molar-refractivity contribution < 1.29 is 14.3 Å². The Bertz CT molecular complexity index is 616. The van der Waals surface area contributed by atoms with Crippen LogP contribution in [0.3, 0.4) is 0 Å². The lowest BCUT2D eigenvalue weighted by molar-refractivity contribution is 0.0911. The standard InChI is InChI=1S/C15H17FN2O2/c1-2-4-12(19)9-18-15(20)13-8-11(16)7-10-5-3-6-17-14(10)13/h3,5-8,12,19H,2,4,9H2,1H3,(H,18,20). The Labute approximate surface area is 116 Å². The molecule has 1 heterocycles. The van der Waals surface area contributed by atoms with Gasteiger partial charge in [0.05, 0.1) is 17.2 Å². The monoisotopic (exact) mass is 276 g/mol. The van der Waals surface area contributed by atoms with Crippen molar-refractivity contribution in [3.05, 3.63) is 41.8 Å². The molecule has 0 saturated heterocycles. The van der Waals surface area contributed by atoms with Gasteiger partial charge in [-0.25, -0.2) is 4.39 Å². The van der Waals surface area contributed by atoms with E-state index in [9.17, 15) is 14.3 Å². The zero-order chi connectivity index (χ0) is 14.5. The summed E-state index contributed by atoms with van der Waals surface area (Å²) in [6.45, 7) is 2.10. The zero-order valence-corrected chi connectivity index (χ0v) is 11.3. The third kappa shape index (κ3) is 3.30. The van der Waals surface area contributed by atoms with E-state index in [1.165, 1.54) is 6.07 Å². The summed E-state index contributed by atoms with van der Waals surface area (Å²) in [5.74, 6) is -0.909. The minimum absolute atomic E-state index is 0.150. The molecule has 4 nitrogen and oxygen atoms in total. The van der Waals surface area contributed by atoms with Crippen LogP contribution in [-0.4, -0.2) is 28.6 Å². The minimum atomic E-state index is -0.586. The molecule has 2 rings (SSSR count). The van der Waals surface area contributed by atoms with Gasteiger partial charge in [0, 0.05) is 18.1 Å². The predicted molar refractivity (Wildman–Crippen MR) is 74.9 cm³/mol. The number of hydrogen-bond acceptors (Lipinski definition) is 3. The van der Waals surface area contributed by atoms with Gasteiger partial charge in [-0.2, -0.15) is 0 Å². The third-order valence-electron chi connectivity index (χ3n) is 3.03. The highest BCUT2D eigenvalue weighted by Gasteiger charge is 2.14. The van der Waals surface area contributed by atoms with Gasteiger partial charge in [0.25, 0.3) is 5.91 Å². The van der Waals surface area contributed by atoms with Gasteiger partial charge in [0.2, 0.25) is 0 Å². The smallest absolute Gasteiger partial charge is 0.253 e. The maximum Gasteiger partial charge on any atom is 0.253 e. The van der Waals surface area contributed by atoms with E-state index in [1.807, 2.05) is 6.92 Å². The highest BCUT2D eigenvalue weighted by Crippen LogP contribution is 2.18. The van der Waals surface area contributed by atoms with Crippen molar-refractivity contribution in [2.75, 3.05) is 6.54 Å². The van der Waals surface area contributed by atoms with Crippen LogP contribution in [0.5, 0.6) is 0 Å². The minimum Gasteiger partial charge on any atom is -0.391 e. The normalized spacial score (nSPS) is 12.3. The Morgan fingerprint density at radius 1 is 1.50 bits per heavy atom. The van der Waals surface area contributed by atoms with E-state index in [4.69, 9.17) is 0 Å². The van der Waals surface area contributed by atoms with Gasteiger partial charge < -0.3 is 10.4 Å². The molecule has 2 aromatic rings. The number of fused-ring (bicyclic) bond motifs is 1. The van der Waals surface area contributed by atoms with Crippen molar-refractivity contribution in [3.63, 3.8) is 0 Å². The van der Waals surface area contributed by atoms with Gasteiger partial charge in [-0.15, -0.1) is 0 Å². The van der Waals surface area contributed by atoms with Crippen LogP contribution in [0.25, 0.3) is 10.9 Å². The Morgan fingerprint density at radius 2 is 2.30 bits per heavy atom. The number of carbonyl (C=O) groups is 1. The maximum absolute atomic E-state index is 13.5. The van der Waals surface area contributed by atoms with Gasteiger partial charge in [-0.05, 0) is 24.6 Å². The lowest BCUT2D eigenvalue weighted by Gasteiger charge is -2.11. The maximum atomic E-state index is 13.5. The summed E-state index contributed by atoms with van der Waals surface area (Å²) in [5.41, 5.74) is 0.640. The second kappa shape index (κ2) is 6.43. The largest absolute Gasteiger partial charge is 0.391 e. The number of rotatable bonds is 5. The van der Waals surface area contributed by atoms with Crippen molar-refractivity contribution in [2.24, 2.45) is 0 Å². The van der Waals surface area contributed by atoms with Crippen molar-refractivity contribution >= 4 is 16.8 Å². The van der Waals surface area contributed by atoms with Crippen LogP contribution in [0.1, 0.15) is 30.1 Å². The number of halogens is 1. The van der Waals surface area contributed by atoms with E-state index in [0.717, 1.165) is 12.5 Å². The molecule has 2 N–H and O–H groups in total. The molecule has 0 aliphatic carbocycles.